The van der Waals surface area contributed by atoms with E-state index in [2.05, 4.69) is 15.6 Å². The van der Waals surface area contributed by atoms with Crippen LogP contribution >= 0.6 is 24.0 Å². The number of ether oxygens (including phenoxy) is 2. The molecule has 7 heteroatoms. The number of methoxy groups -OCH3 is 1. The quantitative estimate of drug-likeness (QED) is 0.313. The summed E-state index contributed by atoms with van der Waals surface area (Å²) in [6, 6.07) is 7.90. The highest BCUT2D eigenvalue weighted by atomic mass is 127. The van der Waals surface area contributed by atoms with E-state index in [1.54, 1.807) is 7.11 Å². The van der Waals surface area contributed by atoms with Crippen LogP contribution in [0.15, 0.2) is 29.3 Å². The van der Waals surface area contributed by atoms with Crippen molar-refractivity contribution in [3.05, 3.63) is 29.8 Å². The van der Waals surface area contributed by atoms with Gasteiger partial charge in [-0.25, -0.2) is 4.99 Å². The number of halogens is 1. The van der Waals surface area contributed by atoms with Crippen molar-refractivity contribution in [3.63, 3.8) is 0 Å². The second-order valence-electron chi connectivity index (χ2n) is 6.14. The van der Waals surface area contributed by atoms with Crippen molar-refractivity contribution in [1.29, 1.82) is 0 Å². The van der Waals surface area contributed by atoms with Gasteiger partial charge in [0, 0.05) is 37.3 Å². The first-order valence-corrected chi connectivity index (χ1v) is 8.56. The number of para-hydroxylation sites is 1. The van der Waals surface area contributed by atoms with Gasteiger partial charge >= 0.3 is 0 Å². The number of benzene rings is 1. The first kappa shape index (κ1) is 22.0. The van der Waals surface area contributed by atoms with Gasteiger partial charge in [-0.15, -0.1) is 24.0 Å². The maximum absolute atomic E-state index is 9.33. The molecule has 0 aliphatic carbocycles. The fourth-order valence-electron chi connectivity index (χ4n) is 2.92. The Morgan fingerprint density at radius 2 is 2.16 bits per heavy atom. The lowest BCUT2D eigenvalue weighted by molar-refractivity contribution is 0.127. The highest BCUT2D eigenvalue weighted by Gasteiger charge is 2.34. The number of guanidine groups is 1. The van der Waals surface area contributed by atoms with Gasteiger partial charge in [0.25, 0.3) is 0 Å². The Bertz CT molecular complexity index is 534. The van der Waals surface area contributed by atoms with Gasteiger partial charge in [-0.05, 0) is 25.8 Å². The van der Waals surface area contributed by atoms with E-state index in [0.717, 1.165) is 49.8 Å². The molecular weight excluding hydrogens is 433 g/mol. The van der Waals surface area contributed by atoms with Gasteiger partial charge in [0.1, 0.15) is 5.75 Å². The molecular formula is C18H30IN3O3. The minimum atomic E-state index is -0.00458. The van der Waals surface area contributed by atoms with Crippen molar-refractivity contribution in [1.82, 2.24) is 10.6 Å². The lowest BCUT2D eigenvalue weighted by Crippen LogP contribution is -2.44. The third-order valence-corrected chi connectivity index (χ3v) is 4.40. The molecule has 0 bridgehead atoms. The van der Waals surface area contributed by atoms with Crippen LogP contribution in [0.4, 0.5) is 0 Å². The molecule has 3 N–H and O–H groups in total. The molecule has 0 aromatic heterocycles. The highest BCUT2D eigenvalue weighted by molar-refractivity contribution is 14.0. The zero-order valence-corrected chi connectivity index (χ0v) is 17.4. The number of rotatable bonds is 8. The zero-order valence-electron chi connectivity index (χ0n) is 15.1. The molecule has 1 aliphatic rings. The van der Waals surface area contributed by atoms with Crippen LogP contribution in [0.3, 0.4) is 0 Å². The third-order valence-electron chi connectivity index (χ3n) is 4.40. The number of hydrogen-bond acceptors (Lipinski definition) is 4. The van der Waals surface area contributed by atoms with Crippen LogP contribution in [0.2, 0.25) is 0 Å². The maximum atomic E-state index is 9.33. The molecule has 1 saturated heterocycles. The summed E-state index contributed by atoms with van der Waals surface area (Å²) in [4.78, 5) is 4.66. The lowest BCUT2D eigenvalue weighted by atomic mass is 9.84. The van der Waals surface area contributed by atoms with Crippen molar-refractivity contribution in [2.75, 3.05) is 40.0 Å². The minimum Gasteiger partial charge on any atom is -0.496 e. The van der Waals surface area contributed by atoms with E-state index in [9.17, 15) is 5.11 Å². The summed E-state index contributed by atoms with van der Waals surface area (Å²) in [7, 11) is 1.67. The van der Waals surface area contributed by atoms with Crippen molar-refractivity contribution >= 4 is 29.9 Å². The molecule has 2 rings (SSSR count). The molecule has 1 heterocycles. The van der Waals surface area contributed by atoms with Crippen molar-refractivity contribution in [3.8, 4) is 5.75 Å². The number of aliphatic hydroxyl groups excluding tert-OH is 1. The van der Waals surface area contributed by atoms with Crippen LogP contribution in [-0.2, 0) is 11.3 Å². The Hall–Kier alpha value is -1.06. The summed E-state index contributed by atoms with van der Waals surface area (Å²) in [6.07, 6.45) is 1.71. The molecule has 142 valence electrons. The van der Waals surface area contributed by atoms with Crippen LogP contribution in [0.25, 0.3) is 0 Å². The highest BCUT2D eigenvalue weighted by Crippen LogP contribution is 2.31. The molecule has 1 unspecified atom stereocenters. The fraction of sp³-hybridized carbons (Fsp3) is 0.611. The Morgan fingerprint density at radius 1 is 1.36 bits per heavy atom. The standard InChI is InChI=1S/C18H29N3O3.HI/c1-3-19-17(20-12-15-6-4-5-7-16(15)23-2)21-13-18(8-10-22)9-11-24-14-18;/h4-7,22H,3,8-14H2,1-2H3,(H2,19,20,21);1H. The number of aliphatic imine (C=N–C) groups is 1. The molecule has 0 saturated carbocycles. The monoisotopic (exact) mass is 463 g/mol. The van der Waals surface area contributed by atoms with Gasteiger partial charge in [0.05, 0.1) is 20.3 Å². The fourth-order valence-corrected chi connectivity index (χ4v) is 2.92. The van der Waals surface area contributed by atoms with E-state index in [0.29, 0.717) is 13.2 Å². The number of nitrogens with zero attached hydrogens (tertiary/aromatic N) is 1. The second-order valence-corrected chi connectivity index (χ2v) is 6.14. The molecule has 1 aromatic carbocycles. The van der Waals surface area contributed by atoms with Gasteiger partial charge in [0.15, 0.2) is 5.96 Å². The Labute approximate surface area is 167 Å². The van der Waals surface area contributed by atoms with Crippen LogP contribution in [0, 0.1) is 5.41 Å². The van der Waals surface area contributed by atoms with E-state index in [1.165, 1.54) is 0 Å². The van der Waals surface area contributed by atoms with Crippen molar-refractivity contribution < 1.29 is 14.6 Å². The predicted molar refractivity (Wildman–Crippen MR) is 111 cm³/mol. The Balaban J connectivity index is 0.00000312. The van der Waals surface area contributed by atoms with Crippen molar-refractivity contribution in [2.24, 2.45) is 10.4 Å². The third kappa shape index (κ3) is 6.63. The van der Waals surface area contributed by atoms with Gasteiger partial charge < -0.3 is 25.2 Å². The average molecular weight is 463 g/mol. The number of hydrogen-bond donors (Lipinski definition) is 3. The van der Waals surface area contributed by atoms with Crippen LogP contribution in [0.5, 0.6) is 5.75 Å². The van der Waals surface area contributed by atoms with Crippen LogP contribution in [0.1, 0.15) is 25.3 Å². The number of aliphatic hydroxyl groups is 1. The van der Waals surface area contributed by atoms with Crippen LogP contribution in [-0.4, -0.2) is 51.1 Å². The van der Waals surface area contributed by atoms with E-state index >= 15 is 0 Å². The van der Waals surface area contributed by atoms with E-state index < -0.39 is 0 Å². The van der Waals surface area contributed by atoms with Gasteiger partial charge in [-0.3, -0.25) is 0 Å². The summed E-state index contributed by atoms with van der Waals surface area (Å²) in [5.41, 5.74) is 1.04. The second kappa shape index (κ2) is 11.5. The van der Waals surface area contributed by atoms with E-state index in [-0.39, 0.29) is 36.0 Å². The molecule has 1 aromatic rings. The summed E-state index contributed by atoms with van der Waals surface area (Å²) < 4.78 is 10.9. The SMILES string of the molecule is CCNC(=NCc1ccccc1OC)NCC1(CCO)CCOC1.I. The van der Waals surface area contributed by atoms with Crippen molar-refractivity contribution in [2.45, 2.75) is 26.3 Å². The zero-order chi connectivity index (χ0) is 17.3. The van der Waals surface area contributed by atoms with E-state index in [4.69, 9.17) is 9.47 Å². The molecule has 0 spiro atoms. The Kier molecular flexibility index (Phi) is 10.1. The topological polar surface area (TPSA) is 75.1 Å². The molecule has 6 nitrogen and oxygen atoms in total. The van der Waals surface area contributed by atoms with Gasteiger partial charge in [0.2, 0.25) is 0 Å². The molecule has 1 aliphatic heterocycles. The minimum absolute atomic E-state index is 0. The summed E-state index contributed by atoms with van der Waals surface area (Å²) in [6.45, 7) is 5.75. The summed E-state index contributed by atoms with van der Waals surface area (Å²) in [5, 5.41) is 16.0. The molecule has 1 atom stereocenters. The molecule has 25 heavy (non-hydrogen) atoms. The van der Waals surface area contributed by atoms with E-state index in [1.807, 2.05) is 31.2 Å². The average Bonchev–Trinajstić information content (AvgIpc) is 3.07. The van der Waals surface area contributed by atoms with Gasteiger partial charge in [-0.2, -0.15) is 0 Å². The van der Waals surface area contributed by atoms with Gasteiger partial charge in [-0.1, -0.05) is 18.2 Å². The Morgan fingerprint density at radius 3 is 2.80 bits per heavy atom. The summed E-state index contributed by atoms with van der Waals surface area (Å²) in [5.74, 6) is 1.62. The predicted octanol–water partition coefficient (Wildman–Crippen LogP) is 2.16. The number of nitrogens with one attached hydrogen (secondary N) is 2. The summed E-state index contributed by atoms with van der Waals surface area (Å²) >= 11 is 0. The molecule has 0 amide bonds. The largest absolute Gasteiger partial charge is 0.496 e. The normalized spacial score (nSPS) is 20.0. The lowest BCUT2D eigenvalue weighted by Gasteiger charge is -2.27. The molecule has 0 radical (unpaired) electrons. The maximum Gasteiger partial charge on any atom is 0.191 e. The first-order valence-electron chi connectivity index (χ1n) is 8.56. The molecule has 1 fully saturated rings. The smallest absolute Gasteiger partial charge is 0.191 e. The first-order chi connectivity index (χ1) is 11.7. The van der Waals surface area contributed by atoms with Crippen LogP contribution < -0.4 is 15.4 Å².